The summed E-state index contributed by atoms with van der Waals surface area (Å²) in [5.74, 6) is 0.831. The smallest absolute Gasteiger partial charge is 0.278 e. The fraction of sp³-hybridized carbons (Fsp3) is 0.304. The van der Waals surface area contributed by atoms with Crippen LogP contribution in [0.15, 0.2) is 54.2 Å². The summed E-state index contributed by atoms with van der Waals surface area (Å²) in [7, 11) is 0. The molecule has 0 radical (unpaired) electrons. The fourth-order valence-electron chi connectivity index (χ4n) is 3.23. The van der Waals surface area contributed by atoms with E-state index < -0.39 is 0 Å². The number of hydrogen-bond donors (Lipinski definition) is 1. The van der Waals surface area contributed by atoms with E-state index in [9.17, 15) is 9.59 Å². The lowest BCUT2D eigenvalue weighted by molar-refractivity contribution is -0.138. The zero-order valence-corrected chi connectivity index (χ0v) is 17.2. The number of ether oxygens (including phenoxy) is 2. The highest BCUT2D eigenvalue weighted by molar-refractivity contribution is 6.36. The quantitative estimate of drug-likeness (QED) is 0.683. The Bertz CT molecular complexity index is 915. The molecule has 0 aromatic heterocycles. The van der Waals surface area contributed by atoms with Crippen LogP contribution in [-0.4, -0.2) is 36.0 Å². The van der Waals surface area contributed by atoms with Crippen LogP contribution in [0.3, 0.4) is 0 Å². The number of hydrogen-bond acceptors (Lipinski definition) is 5. The molecule has 0 spiro atoms. The summed E-state index contributed by atoms with van der Waals surface area (Å²) in [4.78, 5) is 27.4. The lowest BCUT2D eigenvalue weighted by Crippen LogP contribution is -2.38. The minimum atomic E-state index is -0.331. The van der Waals surface area contributed by atoms with Crippen molar-refractivity contribution in [3.63, 3.8) is 0 Å². The highest BCUT2D eigenvalue weighted by Gasteiger charge is 2.40. The average Bonchev–Trinajstić information content (AvgIpc) is 2.94. The van der Waals surface area contributed by atoms with Crippen molar-refractivity contribution in [3.8, 4) is 11.5 Å². The van der Waals surface area contributed by atoms with Crippen molar-refractivity contribution in [2.45, 2.75) is 33.7 Å². The van der Waals surface area contributed by atoms with Gasteiger partial charge in [0.2, 0.25) is 0 Å². The summed E-state index contributed by atoms with van der Waals surface area (Å²) in [6.45, 7) is 8.62. The third-order valence-electron chi connectivity index (χ3n) is 4.52. The summed E-state index contributed by atoms with van der Waals surface area (Å²) in [6, 6.07) is 14.3. The lowest BCUT2D eigenvalue weighted by Gasteiger charge is -2.19. The number of rotatable bonds is 8. The molecule has 1 aliphatic rings. The predicted molar refractivity (Wildman–Crippen MR) is 113 cm³/mol. The Balaban J connectivity index is 1.98. The van der Waals surface area contributed by atoms with Crippen molar-refractivity contribution in [3.05, 3.63) is 59.8 Å². The average molecular weight is 394 g/mol. The molecule has 1 N–H and O–H groups in total. The van der Waals surface area contributed by atoms with E-state index in [-0.39, 0.29) is 23.6 Å². The summed E-state index contributed by atoms with van der Waals surface area (Å²) < 4.78 is 10.9. The molecule has 0 saturated heterocycles. The maximum absolute atomic E-state index is 13.1. The molecule has 0 saturated carbocycles. The Kier molecular flexibility index (Phi) is 6.22. The second-order valence-corrected chi connectivity index (χ2v) is 6.86. The van der Waals surface area contributed by atoms with Crippen molar-refractivity contribution < 1.29 is 19.1 Å². The summed E-state index contributed by atoms with van der Waals surface area (Å²) in [5.41, 5.74) is 2.01. The molecule has 29 heavy (non-hydrogen) atoms. The van der Waals surface area contributed by atoms with Crippen LogP contribution in [0.2, 0.25) is 0 Å². The van der Waals surface area contributed by atoms with Gasteiger partial charge in [0.25, 0.3) is 11.8 Å². The standard InChI is InChI=1S/C23H26N2O4/c1-5-28-18-11-7-16(8-12-18)20-21(23(27)25(15(3)4)22(20)26)24-17-9-13-19(14-10-17)29-6-2/h7-15,24H,5-6H2,1-4H3. The van der Waals surface area contributed by atoms with E-state index in [1.807, 2.05) is 52.0 Å². The van der Waals surface area contributed by atoms with Gasteiger partial charge < -0.3 is 14.8 Å². The van der Waals surface area contributed by atoms with Gasteiger partial charge in [-0.05, 0) is 69.7 Å². The van der Waals surface area contributed by atoms with Gasteiger partial charge in [-0.25, -0.2) is 0 Å². The van der Waals surface area contributed by atoms with Crippen LogP contribution >= 0.6 is 0 Å². The van der Waals surface area contributed by atoms with Crippen LogP contribution in [0.1, 0.15) is 33.3 Å². The van der Waals surface area contributed by atoms with E-state index in [4.69, 9.17) is 9.47 Å². The maximum atomic E-state index is 13.1. The first-order valence-corrected chi connectivity index (χ1v) is 9.81. The molecule has 2 amide bonds. The SMILES string of the molecule is CCOc1ccc(NC2=C(c3ccc(OCC)cc3)C(=O)N(C(C)C)C2=O)cc1. The molecule has 2 aromatic carbocycles. The monoisotopic (exact) mass is 394 g/mol. The minimum absolute atomic E-state index is 0.243. The maximum Gasteiger partial charge on any atom is 0.278 e. The molecular weight excluding hydrogens is 368 g/mol. The van der Waals surface area contributed by atoms with E-state index in [1.54, 1.807) is 24.3 Å². The Morgan fingerprint density at radius 1 is 0.828 bits per heavy atom. The normalized spacial score (nSPS) is 14.0. The summed E-state index contributed by atoms with van der Waals surface area (Å²) in [5, 5.41) is 3.14. The van der Waals surface area contributed by atoms with E-state index >= 15 is 0 Å². The highest BCUT2D eigenvalue weighted by atomic mass is 16.5. The van der Waals surface area contributed by atoms with Gasteiger partial charge in [-0.15, -0.1) is 0 Å². The summed E-state index contributed by atoms with van der Waals surface area (Å²) in [6.07, 6.45) is 0. The minimum Gasteiger partial charge on any atom is -0.494 e. The Morgan fingerprint density at radius 3 is 1.83 bits per heavy atom. The number of imide groups is 1. The first kappa shape index (κ1) is 20.5. The van der Waals surface area contributed by atoms with Crippen molar-refractivity contribution in [2.75, 3.05) is 18.5 Å². The molecule has 3 rings (SSSR count). The zero-order chi connectivity index (χ0) is 21.0. The zero-order valence-electron chi connectivity index (χ0n) is 17.2. The topological polar surface area (TPSA) is 67.9 Å². The second-order valence-electron chi connectivity index (χ2n) is 6.86. The van der Waals surface area contributed by atoms with Gasteiger partial charge in [0.1, 0.15) is 17.2 Å². The first-order valence-electron chi connectivity index (χ1n) is 9.81. The first-order chi connectivity index (χ1) is 14.0. The van der Waals surface area contributed by atoms with E-state index in [1.165, 1.54) is 4.90 Å². The molecule has 1 heterocycles. The molecule has 1 aliphatic heterocycles. The van der Waals surface area contributed by atoms with Crippen molar-refractivity contribution in [1.82, 2.24) is 4.90 Å². The molecule has 2 aromatic rings. The molecule has 0 fully saturated rings. The number of benzene rings is 2. The molecule has 0 atom stereocenters. The number of amides is 2. The Hall–Kier alpha value is -3.28. The van der Waals surface area contributed by atoms with Crippen molar-refractivity contribution >= 4 is 23.1 Å². The van der Waals surface area contributed by atoms with Gasteiger partial charge >= 0.3 is 0 Å². The van der Waals surface area contributed by atoms with E-state index in [2.05, 4.69) is 5.32 Å². The van der Waals surface area contributed by atoms with Crippen LogP contribution in [0.5, 0.6) is 11.5 Å². The van der Waals surface area contributed by atoms with Crippen molar-refractivity contribution in [2.24, 2.45) is 0 Å². The largest absolute Gasteiger partial charge is 0.494 e. The number of carbonyl (C=O) groups excluding carboxylic acids is 2. The number of carbonyl (C=O) groups is 2. The third-order valence-corrected chi connectivity index (χ3v) is 4.52. The summed E-state index contributed by atoms with van der Waals surface area (Å²) >= 11 is 0. The van der Waals surface area contributed by atoms with Crippen LogP contribution < -0.4 is 14.8 Å². The van der Waals surface area contributed by atoms with Crippen molar-refractivity contribution in [1.29, 1.82) is 0 Å². The Labute approximate surface area is 171 Å². The van der Waals surface area contributed by atoms with Gasteiger partial charge in [-0.3, -0.25) is 14.5 Å². The molecule has 6 heteroatoms. The van der Waals surface area contributed by atoms with Gasteiger partial charge in [0, 0.05) is 11.7 Å². The van der Waals surface area contributed by atoms with E-state index in [0.717, 1.165) is 11.5 Å². The number of anilines is 1. The molecule has 152 valence electrons. The fourth-order valence-corrected chi connectivity index (χ4v) is 3.23. The van der Waals surface area contributed by atoms with Crippen LogP contribution in [0.4, 0.5) is 5.69 Å². The molecule has 0 bridgehead atoms. The van der Waals surface area contributed by atoms with Gasteiger partial charge in [0.05, 0.1) is 18.8 Å². The number of nitrogens with zero attached hydrogens (tertiary/aromatic N) is 1. The van der Waals surface area contributed by atoms with E-state index in [0.29, 0.717) is 30.0 Å². The van der Waals surface area contributed by atoms with Crippen LogP contribution in [-0.2, 0) is 9.59 Å². The van der Waals surface area contributed by atoms with Gasteiger partial charge in [0.15, 0.2) is 0 Å². The molecule has 6 nitrogen and oxygen atoms in total. The predicted octanol–water partition coefficient (Wildman–Crippen LogP) is 4.08. The van der Waals surface area contributed by atoms with Gasteiger partial charge in [-0.1, -0.05) is 12.1 Å². The Morgan fingerprint density at radius 2 is 1.34 bits per heavy atom. The molecule has 0 unspecified atom stereocenters. The third kappa shape index (κ3) is 4.26. The number of nitrogens with one attached hydrogen (secondary N) is 1. The highest BCUT2D eigenvalue weighted by Crippen LogP contribution is 2.32. The second kappa shape index (κ2) is 8.82. The lowest BCUT2D eigenvalue weighted by atomic mass is 10.0. The molecular formula is C23H26N2O4. The van der Waals surface area contributed by atoms with Crippen LogP contribution in [0.25, 0.3) is 5.57 Å². The van der Waals surface area contributed by atoms with Gasteiger partial charge in [-0.2, -0.15) is 0 Å². The van der Waals surface area contributed by atoms with Crippen LogP contribution in [0, 0.1) is 0 Å². The molecule has 0 aliphatic carbocycles.